The Labute approximate surface area is 150 Å². The minimum Gasteiger partial charge on any atom is -0.331 e. The second kappa shape index (κ2) is 6.40. The fourth-order valence-electron chi connectivity index (χ4n) is 3.62. The number of aryl methyl sites for hydroxylation is 2. The van der Waals surface area contributed by atoms with Crippen LogP contribution < -0.4 is 5.56 Å². The van der Waals surface area contributed by atoms with Crippen molar-refractivity contribution in [3.05, 3.63) is 64.0 Å². The molecule has 1 aliphatic rings. The molecule has 0 aromatic carbocycles. The van der Waals surface area contributed by atoms with Gasteiger partial charge >= 0.3 is 0 Å². The van der Waals surface area contributed by atoms with Gasteiger partial charge in [-0.1, -0.05) is 6.07 Å². The Morgan fingerprint density at radius 2 is 2.04 bits per heavy atom. The normalized spacial score (nSPS) is 17.6. The summed E-state index contributed by atoms with van der Waals surface area (Å²) in [5.74, 6) is -0.257. The van der Waals surface area contributed by atoms with Crippen molar-refractivity contribution in [2.45, 2.75) is 32.2 Å². The Morgan fingerprint density at radius 1 is 1.19 bits per heavy atom. The van der Waals surface area contributed by atoms with Gasteiger partial charge in [-0.2, -0.15) is 5.10 Å². The van der Waals surface area contributed by atoms with Gasteiger partial charge in [0, 0.05) is 37.7 Å². The van der Waals surface area contributed by atoms with Crippen LogP contribution >= 0.6 is 0 Å². The highest BCUT2D eigenvalue weighted by Gasteiger charge is 2.31. The average molecular weight is 351 g/mol. The van der Waals surface area contributed by atoms with E-state index in [1.54, 1.807) is 28.0 Å². The number of pyridine rings is 1. The highest BCUT2D eigenvalue weighted by molar-refractivity contribution is 5.94. The third-order valence-corrected chi connectivity index (χ3v) is 4.95. The molecular weight excluding hydrogens is 330 g/mol. The summed E-state index contributed by atoms with van der Waals surface area (Å²) < 4.78 is 3.19. The van der Waals surface area contributed by atoms with Crippen molar-refractivity contribution in [3.8, 4) is 0 Å². The molecule has 0 aliphatic carbocycles. The van der Waals surface area contributed by atoms with Crippen molar-refractivity contribution in [1.82, 2.24) is 24.1 Å². The van der Waals surface area contributed by atoms with Crippen LogP contribution in [0.25, 0.3) is 5.65 Å². The summed E-state index contributed by atoms with van der Waals surface area (Å²) in [6.45, 7) is 2.54. The van der Waals surface area contributed by atoms with Crippen LogP contribution in [0.5, 0.6) is 0 Å². The van der Waals surface area contributed by atoms with E-state index in [2.05, 4.69) is 10.1 Å². The van der Waals surface area contributed by atoms with Crippen LogP contribution in [0.15, 0.2) is 41.7 Å². The zero-order chi connectivity index (χ0) is 18.3. The number of carbonyl (C=O) groups is 1. The second-order valence-electron chi connectivity index (χ2n) is 6.87. The molecule has 0 spiro atoms. The summed E-state index contributed by atoms with van der Waals surface area (Å²) in [5, 5.41) is 4.23. The van der Waals surface area contributed by atoms with Crippen molar-refractivity contribution in [3.63, 3.8) is 0 Å². The average Bonchev–Trinajstić information content (AvgIpc) is 3.08. The summed E-state index contributed by atoms with van der Waals surface area (Å²) in [6.07, 6.45) is 9.72. The van der Waals surface area contributed by atoms with Crippen LogP contribution in [0.4, 0.5) is 0 Å². The maximum absolute atomic E-state index is 13.2. The lowest BCUT2D eigenvalue weighted by molar-refractivity contribution is 0.0609. The first kappa shape index (κ1) is 16.5. The summed E-state index contributed by atoms with van der Waals surface area (Å²) in [5.41, 5.74) is 2.28. The molecule has 26 heavy (non-hydrogen) atoms. The van der Waals surface area contributed by atoms with Gasteiger partial charge in [0.15, 0.2) is 0 Å². The van der Waals surface area contributed by atoms with Gasteiger partial charge in [0.1, 0.15) is 11.2 Å². The largest absolute Gasteiger partial charge is 0.331 e. The van der Waals surface area contributed by atoms with E-state index in [4.69, 9.17) is 0 Å². The van der Waals surface area contributed by atoms with Gasteiger partial charge in [0.25, 0.3) is 11.5 Å². The van der Waals surface area contributed by atoms with E-state index in [1.807, 2.05) is 26.2 Å². The third-order valence-electron chi connectivity index (χ3n) is 4.95. The topological polar surface area (TPSA) is 72.5 Å². The highest BCUT2D eigenvalue weighted by Crippen LogP contribution is 2.31. The molecule has 0 bridgehead atoms. The number of carbonyl (C=O) groups excluding carboxylic acids is 1. The lowest BCUT2D eigenvalue weighted by atomic mass is 9.97. The molecule has 4 heterocycles. The molecule has 134 valence electrons. The van der Waals surface area contributed by atoms with Crippen LogP contribution in [-0.2, 0) is 7.05 Å². The van der Waals surface area contributed by atoms with Gasteiger partial charge in [-0.25, -0.2) is 4.98 Å². The van der Waals surface area contributed by atoms with Crippen LogP contribution in [0.1, 0.15) is 46.8 Å². The molecule has 4 rings (SSSR count). The number of amides is 1. The molecule has 1 aliphatic heterocycles. The zero-order valence-corrected chi connectivity index (χ0v) is 14.9. The van der Waals surface area contributed by atoms with Gasteiger partial charge in [-0.15, -0.1) is 0 Å². The smallest absolute Gasteiger partial charge is 0.270 e. The minimum atomic E-state index is -0.320. The molecule has 0 radical (unpaired) electrons. The van der Waals surface area contributed by atoms with E-state index in [1.165, 1.54) is 10.6 Å². The molecule has 0 N–H and O–H groups in total. The lowest BCUT2D eigenvalue weighted by Gasteiger charge is -2.35. The molecule has 1 unspecified atom stereocenters. The molecular formula is C19H21N5O2. The van der Waals surface area contributed by atoms with Gasteiger partial charge in [0.2, 0.25) is 0 Å². The molecule has 7 nitrogen and oxygen atoms in total. The molecule has 7 heteroatoms. The van der Waals surface area contributed by atoms with E-state index in [0.29, 0.717) is 12.2 Å². The fraction of sp³-hybridized carbons (Fsp3) is 0.368. The number of piperidine rings is 1. The third kappa shape index (κ3) is 2.79. The Bertz CT molecular complexity index is 1040. The molecule has 1 amide bonds. The number of aromatic nitrogens is 4. The summed E-state index contributed by atoms with van der Waals surface area (Å²) >= 11 is 0. The first-order valence-corrected chi connectivity index (χ1v) is 8.82. The number of hydrogen-bond donors (Lipinski definition) is 0. The minimum absolute atomic E-state index is 0.0532. The van der Waals surface area contributed by atoms with Gasteiger partial charge in [0.05, 0.1) is 12.2 Å². The summed E-state index contributed by atoms with van der Waals surface area (Å²) in [7, 11) is 1.86. The monoisotopic (exact) mass is 351 g/mol. The molecule has 3 aromatic heterocycles. The van der Waals surface area contributed by atoms with Gasteiger partial charge in [-0.3, -0.25) is 18.7 Å². The van der Waals surface area contributed by atoms with Crippen molar-refractivity contribution in [2.24, 2.45) is 7.05 Å². The van der Waals surface area contributed by atoms with Crippen molar-refractivity contribution < 1.29 is 4.79 Å². The number of fused-ring (bicyclic) bond motifs is 1. The fourth-order valence-corrected chi connectivity index (χ4v) is 3.62. The second-order valence-corrected chi connectivity index (χ2v) is 6.87. The molecule has 3 aromatic rings. The summed E-state index contributed by atoms with van der Waals surface area (Å²) in [4.78, 5) is 32.1. The molecule has 0 saturated carbocycles. The molecule has 1 saturated heterocycles. The first-order chi connectivity index (χ1) is 12.5. The molecule has 1 fully saturated rings. The van der Waals surface area contributed by atoms with Crippen molar-refractivity contribution >= 4 is 11.6 Å². The van der Waals surface area contributed by atoms with Crippen LogP contribution in [0, 0.1) is 6.92 Å². The Morgan fingerprint density at radius 3 is 2.81 bits per heavy atom. The SMILES string of the molecule is Cc1ccc2ncc(C(=O)N3CCCCC3c3cnn(C)c3)c(=O)n2c1. The number of likely N-dealkylation sites (tertiary alicyclic amines) is 1. The molecule has 1 atom stereocenters. The predicted molar refractivity (Wildman–Crippen MR) is 97.0 cm³/mol. The van der Waals surface area contributed by atoms with Crippen LogP contribution in [0.2, 0.25) is 0 Å². The van der Waals surface area contributed by atoms with E-state index < -0.39 is 0 Å². The highest BCUT2D eigenvalue weighted by atomic mass is 16.2. The van der Waals surface area contributed by atoms with E-state index in [9.17, 15) is 9.59 Å². The standard InChI is InChI=1S/C19H21N5O2/c1-13-6-7-17-20-10-15(19(26)24(17)11-13)18(25)23-8-4-3-5-16(23)14-9-21-22(2)12-14/h6-7,9-12,16H,3-5,8H2,1-2H3. The van der Waals surface area contributed by atoms with E-state index >= 15 is 0 Å². The van der Waals surface area contributed by atoms with Gasteiger partial charge < -0.3 is 4.90 Å². The van der Waals surface area contributed by atoms with Gasteiger partial charge in [-0.05, 0) is 37.8 Å². The van der Waals surface area contributed by atoms with Crippen LogP contribution in [0.3, 0.4) is 0 Å². The maximum Gasteiger partial charge on any atom is 0.270 e. The number of hydrogen-bond acceptors (Lipinski definition) is 4. The zero-order valence-electron chi connectivity index (χ0n) is 14.9. The Balaban J connectivity index is 1.75. The Hall–Kier alpha value is -2.96. The van der Waals surface area contributed by atoms with Crippen molar-refractivity contribution in [2.75, 3.05) is 6.54 Å². The number of nitrogens with zero attached hydrogens (tertiary/aromatic N) is 5. The predicted octanol–water partition coefficient (Wildman–Crippen LogP) is 2.10. The van der Waals surface area contributed by atoms with E-state index in [-0.39, 0.29) is 23.1 Å². The number of rotatable bonds is 2. The van der Waals surface area contributed by atoms with Crippen molar-refractivity contribution in [1.29, 1.82) is 0 Å². The first-order valence-electron chi connectivity index (χ1n) is 8.82. The van der Waals surface area contributed by atoms with Crippen LogP contribution in [-0.4, -0.2) is 36.5 Å². The maximum atomic E-state index is 13.2. The summed E-state index contributed by atoms with van der Waals surface area (Å²) in [6, 6.07) is 3.62. The Kier molecular flexibility index (Phi) is 4.06. The quantitative estimate of drug-likeness (QED) is 0.709. The van der Waals surface area contributed by atoms with E-state index in [0.717, 1.165) is 30.4 Å². The lowest BCUT2D eigenvalue weighted by Crippen LogP contribution is -2.41.